The zero-order valence-corrected chi connectivity index (χ0v) is 12.0. The van der Waals surface area contributed by atoms with E-state index in [1.165, 1.54) is 0 Å². The van der Waals surface area contributed by atoms with E-state index in [-0.39, 0.29) is 17.2 Å². The van der Waals surface area contributed by atoms with E-state index >= 15 is 0 Å². The average Bonchev–Trinajstić information content (AvgIpc) is 2.48. The van der Waals surface area contributed by atoms with Crippen molar-refractivity contribution in [2.24, 2.45) is 0 Å². The standard InChI is InChI=1S/C15H24N2O/c1-11(12-8-6-7-9-16-12)17-13-10-14(2,3)18-15(13,4)5/h6-9,11,13,17H,10H2,1-5H3/t11-,13?/m0/s1. The third kappa shape index (κ3) is 2.90. The van der Waals surface area contributed by atoms with Crippen molar-refractivity contribution in [3.8, 4) is 0 Å². The van der Waals surface area contributed by atoms with E-state index < -0.39 is 0 Å². The van der Waals surface area contributed by atoms with Gasteiger partial charge >= 0.3 is 0 Å². The molecular formula is C15H24N2O. The van der Waals surface area contributed by atoms with Gasteiger partial charge in [-0.15, -0.1) is 0 Å². The molecule has 1 aromatic rings. The Bertz CT molecular complexity index is 400. The zero-order valence-electron chi connectivity index (χ0n) is 12.0. The Morgan fingerprint density at radius 2 is 2.06 bits per heavy atom. The lowest BCUT2D eigenvalue weighted by Crippen LogP contribution is -2.44. The largest absolute Gasteiger partial charge is 0.368 e. The van der Waals surface area contributed by atoms with E-state index in [9.17, 15) is 0 Å². The predicted octanol–water partition coefficient (Wildman–Crippen LogP) is 3.08. The number of hydrogen-bond donors (Lipinski definition) is 1. The summed E-state index contributed by atoms with van der Waals surface area (Å²) < 4.78 is 6.10. The van der Waals surface area contributed by atoms with Gasteiger partial charge in [-0.25, -0.2) is 0 Å². The third-order valence-electron chi connectivity index (χ3n) is 3.66. The van der Waals surface area contributed by atoms with Crippen molar-refractivity contribution in [2.75, 3.05) is 0 Å². The van der Waals surface area contributed by atoms with Crippen LogP contribution in [0.4, 0.5) is 0 Å². The van der Waals surface area contributed by atoms with Crippen LogP contribution in [0.5, 0.6) is 0 Å². The highest BCUT2D eigenvalue weighted by Crippen LogP contribution is 2.38. The lowest BCUT2D eigenvalue weighted by atomic mass is 9.93. The molecule has 18 heavy (non-hydrogen) atoms. The maximum Gasteiger partial charge on any atom is 0.0787 e. The summed E-state index contributed by atoms with van der Waals surface area (Å²) in [6, 6.07) is 6.63. The van der Waals surface area contributed by atoms with E-state index in [4.69, 9.17) is 4.74 Å². The van der Waals surface area contributed by atoms with Crippen molar-refractivity contribution >= 4 is 0 Å². The van der Waals surface area contributed by atoms with Crippen LogP contribution >= 0.6 is 0 Å². The Labute approximate surface area is 110 Å². The fourth-order valence-electron chi connectivity index (χ4n) is 2.84. The second-order valence-corrected chi connectivity index (χ2v) is 6.36. The Morgan fingerprint density at radius 1 is 1.33 bits per heavy atom. The molecule has 0 aliphatic carbocycles. The van der Waals surface area contributed by atoms with Crippen LogP contribution < -0.4 is 5.32 Å². The molecule has 3 nitrogen and oxygen atoms in total. The number of rotatable bonds is 3. The van der Waals surface area contributed by atoms with E-state index in [2.05, 4.69) is 51.0 Å². The molecule has 1 saturated heterocycles. The van der Waals surface area contributed by atoms with Gasteiger partial charge in [0.2, 0.25) is 0 Å². The maximum atomic E-state index is 6.10. The first-order valence-corrected chi connectivity index (χ1v) is 6.67. The molecule has 1 fully saturated rings. The molecule has 0 bridgehead atoms. The molecule has 0 amide bonds. The Balaban J connectivity index is 2.06. The molecule has 100 valence electrons. The summed E-state index contributed by atoms with van der Waals surface area (Å²) in [5, 5.41) is 3.65. The van der Waals surface area contributed by atoms with Gasteiger partial charge in [-0.05, 0) is 53.2 Å². The lowest BCUT2D eigenvalue weighted by Gasteiger charge is -2.29. The van der Waals surface area contributed by atoms with E-state index in [1.807, 2.05) is 18.3 Å². The Hall–Kier alpha value is -0.930. The van der Waals surface area contributed by atoms with Crippen LogP contribution in [0, 0.1) is 0 Å². The smallest absolute Gasteiger partial charge is 0.0787 e. The molecule has 0 radical (unpaired) electrons. The van der Waals surface area contributed by atoms with Crippen molar-refractivity contribution < 1.29 is 4.74 Å². The second kappa shape index (κ2) is 4.63. The molecule has 2 heterocycles. The SMILES string of the molecule is C[C@H](NC1CC(C)(C)OC1(C)C)c1ccccn1. The van der Waals surface area contributed by atoms with Crippen LogP contribution in [0.3, 0.4) is 0 Å². The van der Waals surface area contributed by atoms with Gasteiger partial charge in [-0.2, -0.15) is 0 Å². The van der Waals surface area contributed by atoms with E-state index in [1.54, 1.807) is 0 Å². The molecule has 2 atom stereocenters. The third-order valence-corrected chi connectivity index (χ3v) is 3.66. The molecule has 1 N–H and O–H groups in total. The minimum atomic E-state index is -0.132. The summed E-state index contributed by atoms with van der Waals surface area (Å²) >= 11 is 0. The maximum absolute atomic E-state index is 6.10. The lowest BCUT2D eigenvalue weighted by molar-refractivity contribution is -0.0704. The first-order valence-electron chi connectivity index (χ1n) is 6.67. The van der Waals surface area contributed by atoms with Crippen LogP contribution in [0.1, 0.15) is 52.8 Å². The van der Waals surface area contributed by atoms with Crippen molar-refractivity contribution in [1.82, 2.24) is 10.3 Å². The fourth-order valence-corrected chi connectivity index (χ4v) is 2.84. The molecule has 1 aliphatic heterocycles. The molecule has 0 spiro atoms. The van der Waals surface area contributed by atoms with Gasteiger partial charge in [-0.1, -0.05) is 6.07 Å². The number of aromatic nitrogens is 1. The number of nitrogens with zero attached hydrogens (tertiary/aromatic N) is 1. The van der Waals surface area contributed by atoms with Crippen molar-refractivity contribution in [3.63, 3.8) is 0 Å². The quantitative estimate of drug-likeness (QED) is 0.892. The molecule has 1 unspecified atom stereocenters. The van der Waals surface area contributed by atoms with Gasteiger partial charge in [0.1, 0.15) is 0 Å². The van der Waals surface area contributed by atoms with Gasteiger partial charge < -0.3 is 10.1 Å². The minimum Gasteiger partial charge on any atom is -0.368 e. The monoisotopic (exact) mass is 248 g/mol. The molecule has 0 aromatic carbocycles. The topological polar surface area (TPSA) is 34.1 Å². The summed E-state index contributed by atoms with van der Waals surface area (Å²) in [4.78, 5) is 4.40. The highest BCUT2D eigenvalue weighted by Gasteiger charge is 2.46. The Kier molecular flexibility index (Phi) is 3.47. The van der Waals surface area contributed by atoms with Crippen LogP contribution in [0.2, 0.25) is 0 Å². The number of hydrogen-bond acceptors (Lipinski definition) is 3. The number of nitrogens with one attached hydrogen (secondary N) is 1. The first-order chi connectivity index (χ1) is 8.30. The van der Waals surface area contributed by atoms with Crippen LogP contribution in [-0.2, 0) is 4.74 Å². The van der Waals surface area contributed by atoms with Gasteiger partial charge in [-0.3, -0.25) is 4.98 Å². The summed E-state index contributed by atoms with van der Waals surface area (Å²) in [6.07, 6.45) is 2.87. The summed E-state index contributed by atoms with van der Waals surface area (Å²) in [5.74, 6) is 0. The van der Waals surface area contributed by atoms with E-state index in [0.717, 1.165) is 12.1 Å². The molecule has 0 saturated carbocycles. The van der Waals surface area contributed by atoms with Crippen LogP contribution in [0.25, 0.3) is 0 Å². The first kappa shape index (κ1) is 13.5. The van der Waals surface area contributed by atoms with Crippen LogP contribution in [0.15, 0.2) is 24.4 Å². The van der Waals surface area contributed by atoms with Gasteiger partial charge in [0, 0.05) is 18.3 Å². The molecule has 2 rings (SSSR count). The van der Waals surface area contributed by atoms with Crippen LogP contribution in [-0.4, -0.2) is 22.2 Å². The minimum absolute atomic E-state index is 0.0506. The molecule has 1 aliphatic rings. The normalized spacial score (nSPS) is 27.1. The highest BCUT2D eigenvalue weighted by atomic mass is 16.5. The van der Waals surface area contributed by atoms with Gasteiger partial charge in [0.15, 0.2) is 0 Å². The van der Waals surface area contributed by atoms with Crippen molar-refractivity contribution in [2.45, 2.75) is 64.3 Å². The average molecular weight is 248 g/mol. The summed E-state index contributed by atoms with van der Waals surface area (Å²) in [5.41, 5.74) is 0.898. The van der Waals surface area contributed by atoms with E-state index in [0.29, 0.717) is 6.04 Å². The highest BCUT2D eigenvalue weighted by molar-refractivity contribution is 5.09. The molecular weight excluding hydrogens is 224 g/mol. The van der Waals surface area contributed by atoms with Gasteiger partial charge in [0.25, 0.3) is 0 Å². The number of ether oxygens (including phenoxy) is 1. The van der Waals surface area contributed by atoms with Gasteiger partial charge in [0.05, 0.1) is 16.9 Å². The molecule has 1 aromatic heterocycles. The second-order valence-electron chi connectivity index (χ2n) is 6.36. The summed E-state index contributed by atoms with van der Waals surface area (Å²) in [6.45, 7) is 10.8. The fraction of sp³-hybridized carbons (Fsp3) is 0.667. The van der Waals surface area contributed by atoms with Crippen molar-refractivity contribution in [3.05, 3.63) is 30.1 Å². The predicted molar refractivity (Wildman–Crippen MR) is 73.4 cm³/mol. The Morgan fingerprint density at radius 3 is 2.56 bits per heavy atom. The summed E-state index contributed by atoms with van der Waals surface area (Å²) in [7, 11) is 0. The number of pyridine rings is 1. The molecule has 3 heteroatoms. The van der Waals surface area contributed by atoms with Crippen molar-refractivity contribution in [1.29, 1.82) is 0 Å². The zero-order chi connectivity index (χ0) is 13.4.